The molecule has 0 spiro atoms. The Labute approximate surface area is 109 Å². The fourth-order valence-electron chi connectivity index (χ4n) is 2.63. The van der Waals surface area contributed by atoms with Gasteiger partial charge in [0.2, 0.25) is 0 Å². The van der Waals surface area contributed by atoms with Crippen molar-refractivity contribution in [1.82, 2.24) is 25.0 Å². The average molecular weight is 249 g/mol. The van der Waals surface area contributed by atoms with Gasteiger partial charge in [0, 0.05) is 25.2 Å². The lowest BCUT2D eigenvalue weighted by Crippen LogP contribution is -2.40. The first-order valence-corrected chi connectivity index (χ1v) is 7.17. The van der Waals surface area contributed by atoms with Gasteiger partial charge in [-0.2, -0.15) is 0 Å². The van der Waals surface area contributed by atoms with Crippen molar-refractivity contribution in [2.24, 2.45) is 0 Å². The highest BCUT2D eigenvalue weighted by Crippen LogP contribution is 2.19. The van der Waals surface area contributed by atoms with Crippen LogP contribution < -0.4 is 5.32 Å². The van der Waals surface area contributed by atoms with Crippen molar-refractivity contribution >= 4 is 0 Å². The molecule has 0 aromatic carbocycles. The van der Waals surface area contributed by atoms with Gasteiger partial charge < -0.3 is 9.88 Å². The van der Waals surface area contributed by atoms with Crippen LogP contribution in [0.3, 0.4) is 0 Å². The molecule has 0 radical (unpaired) electrons. The van der Waals surface area contributed by atoms with Crippen LogP contribution in [-0.4, -0.2) is 44.8 Å². The molecule has 0 bridgehead atoms. The first-order valence-electron chi connectivity index (χ1n) is 7.17. The van der Waals surface area contributed by atoms with Gasteiger partial charge in [-0.3, -0.25) is 4.90 Å². The van der Waals surface area contributed by atoms with Gasteiger partial charge in [-0.25, -0.2) is 0 Å². The predicted octanol–water partition coefficient (Wildman–Crippen LogP) is 1.01. The number of hydrogen-bond donors (Lipinski definition) is 1. The Morgan fingerprint density at radius 3 is 3.17 bits per heavy atom. The van der Waals surface area contributed by atoms with Crippen molar-refractivity contribution in [3.05, 3.63) is 12.2 Å². The summed E-state index contributed by atoms with van der Waals surface area (Å²) in [5.41, 5.74) is 0. The number of fused-ring (bicyclic) bond motifs is 1. The van der Waals surface area contributed by atoms with E-state index < -0.39 is 0 Å². The van der Waals surface area contributed by atoms with Gasteiger partial charge in [0.25, 0.3) is 0 Å². The van der Waals surface area contributed by atoms with E-state index in [4.69, 9.17) is 0 Å². The summed E-state index contributed by atoms with van der Waals surface area (Å²) in [7, 11) is 0. The van der Waals surface area contributed by atoms with Crippen LogP contribution in [0.5, 0.6) is 0 Å². The molecule has 1 atom stereocenters. The van der Waals surface area contributed by atoms with Crippen LogP contribution in [-0.2, 0) is 13.1 Å². The number of hydrogen-bond acceptors (Lipinski definition) is 4. The smallest absolute Gasteiger partial charge is 0.147 e. The summed E-state index contributed by atoms with van der Waals surface area (Å²) in [4.78, 5) is 2.53. The topological polar surface area (TPSA) is 46.0 Å². The maximum absolute atomic E-state index is 4.18. The van der Waals surface area contributed by atoms with Gasteiger partial charge in [0.15, 0.2) is 0 Å². The molecule has 5 nitrogen and oxygen atoms in total. The number of nitrogens with one attached hydrogen (secondary N) is 1. The van der Waals surface area contributed by atoms with Crippen molar-refractivity contribution in [2.45, 2.75) is 57.8 Å². The van der Waals surface area contributed by atoms with Crippen LogP contribution in [0.25, 0.3) is 0 Å². The molecule has 1 N–H and O–H groups in total. The van der Waals surface area contributed by atoms with Crippen molar-refractivity contribution in [1.29, 1.82) is 0 Å². The molecule has 1 aliphatic heterocycles. The molecule has 2 aliphatic rings. The van der Waals surface area contributed by atoms with Crippen LogP contribution in [0.15, 0.2) is 6.33 Å². The largest absolute Gasteiger partial charge is 0.315 e. The minimum Gasteiger partial charge on any atom is -0.315 e. The van der Waals surface area contributed by atoms with Gasteiger partial charge in [0.05, 0.1) is 6.54 Å². The van der Waals surface area contributed by atoms with E-state index in [1.54, 1.807) is 0 Å². The van der Waals surface area contributed by atoms with Gasteiger partial charge in [-0.05, 0) is 39.2 Å². The number of nitrogens with zero attached hydrogens (tertiary/aromatic N) is 4. The van der Waals surface area contributed by atoms with Gasteiger partial charge in [-0.1, -0.05) is 0 Å². The molecule has 1 fully saturated rings. The first-order chi connectivity index (χ1) is 8.83. The van der Waals surface area contributed by atoms with Crippen LogP contribution in [0, 0.1) is 0 Å². The third kappa shape index (κ3) is 2.90. The zero-order chi connectivity index (χ0) is 12.4. The summed E-state index contributed by atoms with van der Waals surface area (Å²) in [5.74, 6) is 1.12. The van der Waals surface area contributed by atoms with Gasteiger partial charge >= 0.3 is 0 Å². The van der Waals surface area contributed by atoms with E-state index in [1.807, 2.05) is 6.33 Å². The molecule has 5 heteroatoms. The Balaban J connectivity index is 1.40. The maximum atomic E-state index is 4.18. The zero-order valence-electron chi connectivity index (χ0n) is 11.2. The zero-order valence-corrected chi connectivity index (χ0v) is 11.2. The predicted molar refractivity (Wildman–Crippen MR) is 70.2 cm³/mol. The summed E-state index contributed by atoms with van der Waals surface area (Å²) >= 11 is 0. The van der Waals surface area contributed by atoms with Crippen LogP contribution in [0.2, 0.25) is 0 Å². The second kappa shape index (κ2) is 5.36. The molecule has 1 aromatic rings. The average Bonchev–Trinajstić information content (AvgIpc) is 3.09. The first kappa shape index (κ1) is 12.1. The van der Waals surface area contributed by atoms with Gasteiger partial charge in [-0.15, -0.1) is 10.2 Å². The molecule has 1 saturated carbocycles. The van der Waals surface area contributed by atoms with E-state index in [9.17, 15) is 0 Å². The highest BCUT2D eigenvalue weighted by Gasteiger charge is 2.22. The molecule has 0 saturated heterocycles. The highest BCUT2D eigenvalue weighted by atomic mass is 15.3. The molecule has 18 heavy (non-hydrogen) atoms. The Kier molecular flexibility index (Phi) is 3.61. The van der Waals surface area contributed by atoms with E-state index in [2.05, 4.69) is 31.9 Å². The number of rotatable bonds is 6. The lowest BCUT2D eigenvalue weighted by atomic mass is 10.1. The second-order valence-corrected chi connectivity index (χ2v) is 5.63. The third-order valence-corrected chi connectivity index (χ3v) is 4.10. The Morgan fingerprint density at radius 2 is 2.33 bits per heavy atom. The molecule has 1 aliphatic carbocycles. The summed E-state index contributed by atoms with van der Waals surface area (Å²) in [6, 6.07) is 1.49. The van der Waals surface area contributed by atoms with Crippen LogP contribution in [0.4, 0.5) is 0 Å². The molecule has 2 heterocycles. The van der Waals surface area contributed by atoms with Gasteiger partial charge in [0.1, 0.15) is 12.2 Å². The SMILES string of the molecule is CC(CCCNC1CC1)N1CCn2cnnc2C1. The normalized spacial score (nSPS) is 21.8. The second-order valence-electron chi connectivity index (χ2n) is 5.63. The molecular weight excluding hydrogens is 226 g/mol. The van der Waals surface area contributed by atoms with E-state index in [-0.39, 0.29) is 0 Å². The molecule has 100 valence electrons. The fourth-order valence-corrected chi connectivity index (χ4v) is 2.63. The Bertz CT molecular complexity index is 384. The molecule has 1 aromatic heterocycles. The lowest BCUT2D eigenvalue weighted by Gasteiger charge is -2.32. The van der Waals surface area contributed by atoms with Crippen LogP contribution in [0.1, 0.15) is 38.4 Å². The van der Waals surface area contributed by atoms with Crippen molar-refractivity contribution in [2.75, 3.05) is 13.1 Å². The van der Waals surface area contributed by atoms with Crippen LogP contribution >= 0.6 is 0 Å². The standard InChI is InChI=1S/C13H23N5/c1-11(3-2-6-14-12-4-5-12)17-7-8-18-10-15-16-13(18)9-17/h10-12,14H,2-9H2,1H3. The quantitative estimate of drug-likeness (QED) is 0.765. The maximum Gasteiger partial charge on any atom is 0.147 e. The minimum absolute atomic E-state index is 0.649. The minimum atomic E-state index is 0.649. The summed E-state index contributed by atoms with van der Waals surface area (Å²) < 4.78 is 2.16. The van der Waals surface area contributed by atoms with Crippen molar-refractivity contribution < 1.29 is 0 Å². The van der Waals surface area contributed by atoms with E-state index >= 15 is 0 Å². The number of aromatic nitrogens is 3. The molecule has 1 unspecified atom stereocenters. The highest BCUT2D eigenvalue weighted by molar-refractivity contribution is 4.91. The summed E-state index contributed by atoms with van der Waals surface area (Å²) in [6.07, 6.45) is 7.17. The molecule has 3 rings (SSSR count). The summed E-state index contributed by atoms with van der Waals surface area (Å²) in [6.45, 7) is 6.63. The van der Waals surface area contributed by atoms with E-state index in [1.165, 1.54) is 32.2 Å². The Hall–Kier alpha value is -0.940. The monoisotopic (exact) mass is 249 g/mol. The molecule has 0 amide bonds. The lowest BCUT2D eigenvalue weighted by molar-refractivity contribution is 0.154. The van der Waals surface area contributed by atoms with E-state index in [0.717, 1.165) is 31.5 Å². The fraction of sp³-hybridized carbons (Fsp3) is 0.846. The van der Waals surface area contributed by atoms with Crippen molar-refractivity contribution in [3.63, 3.8) is 0 Å². The third-order valence-electron chi connectivity index (χ3n) is 4.10. The molecular formula is C13H23N5. The Morgan fingerprint density at radius 1 is 1.44 bits per heavy atom. The summed E-state index contributed by atoms with van der Waals surface area (Å²) in [5, 5.41) is 11.7. The van der Waals surface area contributed by atoms with E-state index in [0.29, 0.717) is 6.04 Å². The van der Waals surface area contributed by atoms with Crippen molar-refractivity contribution in [3.8, 4) is 0 Å².